The van der Waals surface area contributed by atoms with Crippen LogP contribution in [0.5, 0.6) is 0 Å². The molecule has 2 atom stereocenters. The quantitative estimate of drug-likeness (QED) is 0.883. The summed E-state index contributed by atoms with van der Waals surface area (Å²) in [6.45, 7) is 2.28. The monoisotopic (exact) mass is 244 g/mol. The summed E-state index contributed by atoms with van der Waals surface area (Å²) >= 11 is 0. The van der Waals surface area contributed by atoms with Crippen LogP contribution in [0.2, 0.25) is 0 Å². The average molecular weight is 244 g/mol. The predicted molar refractivity (Wildman–Crippen MR) is 68.7 cm³/mol. The SMILES string of the molecule is CC1CCC(n2cnc3cc(C(=O)O)ccc32)C1. The maximum atomic E-state index is 10.9. The van der Waals surface area contributed by atoms with Gasteiger partial charge in [-0.05, 0) is 43.4 Å². The number of carbonyl (C=O) groups is 1. The van der Waals surface area contributed by atoms with E-state index in [2.05, 4.69) is 16.5 Å². The van der Waals surface area contributed by atoms with Gasteiger partial charge in [0, 0.05) is 6.04 Å². The molecular formula is C14H16N2O2. The predicted octanol–water partition coefficient (Wildman–Crippen LogP) is 3.10. The fourth-order valence-electron chi connectivity index (χ4n) is 2.89. The summed E-state index contributed by atoms with van der Waals surface area (Å²) in [4.78, 5) is 15.2. The highest BCUT2D eigenvalue weighted by molar-refractivity contribution is 5.92. The van der Waals surface area contributed by atoms with Crippen molar-refractivity contribution in [3.8, 4) is 0 Å². The molecule has 1 heterocycles. The van der Waals surface area contributed by atoms with Gasteiger partial charge in [0.05, 0.1) is 22.9 Å². The lowest BCUT2D eigenvalue weighted by atomic mass is 10.1. The molecule has 1 aromatic heterocycles. The van der Waals surface area contributed by atoms with Gasteiger partial charge >= 0.3 is 5.97 Å². The third-order valence-electron chi connectivity index (χ3n) is 3.88. The van der Waals surface area contributed by atoms with Crippen molar-refractivity contribution in [1.29, 1.82) is 0 Å². The summed E-state index contributed by atoms with van der Waals surface area (Å²) in [5, 5.41) is 8.96. The van der Waals surface area contributed by atoms with E-state index in [0.29, 0.717) is 11.6 Å². The normalized spacial score (nSPS) is 23.6. The number of carboxylic acids is 1. The van der Waals surface area contributed by atoms with E-state index in [1.165, 1.54) is 19.3 Å². The molecule has 4 nitrogen and oxygen atoms in total. The number of aromatic carboxylic acids is 1. The Kier molecular flexibility index (Phi) is 2.58. The summed E-state index contributed by atoms with van der Waals surface area (Å²) in [5.74, 6) is -0.133. The van der Waals surface area contributed by atoms with Crippen LogP contribution in [0, 0.1) is 5.92 Å². The Morgan fingerprint density at radius 3 is 2.94 bits per heavy atom. The molecule has 0 amide bonds. The summed E-state index contributed by atoms with van der Waals surface area (Å²) in [6, 6.07) is 5.68. The highest BCUT2D eigenvalue weighted by Gasteiger charge is 2.23. The van der Waals surface area contributed by atoms with Gasteiger partial charge in [0.25, 0.3) is 0 Å². The van der Waals surface area contributed by atoms with E-state index < -0.39 is 5.97 Å². The van der Waals surface area contributed by atoms with Crippen molar-refractivity contribution < 1.29 is 9.90 Å². The zero-order valence-corrected chi connectivity index (χ0v) is 10.3. The van der Waals surface area contributed by atoms with Gasteiger partial charge in [-0.25, -0.2) is 9.78 Å². The van der Waals surface area contributed by atoms with Crippen molar-refractivity contribution in [2.75, 3.05) is 0 Å². The van der Waals surface area contributed by atoms with Crippen molar-refractivity contribution in [3.63, 3.8) is 0 Å². The minimum atomic E-state index is -0.902. The Labute approximate surface area is 105 Å². The number of aromatic nitrogens is 2. The van der Waals surface area contributed by atoms with E-state index in [1.54, 1.807) is 12.1 Å². The van der Waals surface area contributed by atoms with Gasteiger partial charge in [-0.3, -0.25) is 0 Å². The first-order valence-corrected chi connectivity index (χ1v) is 6.35. The van der Waals surface area contributed by atoms with Crippen LogP contribution in [-0.2, 0) is 0 Å². The first-order chi connectivity index (χ1) is 8.65. The molecule has 1 N–H and O–H groups in total. The molecule has 1 aliphatic carbocycles. The van der Waals surface area contributed by atoms with E-state index in [4.69, 9.17) is 5.11 Å². The van der Waals surface area contributed by atoms with Crippen LogP contribution in [-0.4, -0.2) is 20.6 Å². The largest absolute Gasteiger partial charge is 0.478 e. The molecule has 1 aromatic carbocycles. The second kappa shape index (κ2) is 4.12. The molecule has 4 heteroatoms. The lowest BCUT2D eigenvalue weighted by Gasteiger charge is -2.12. The summed E-state index contributed by atoms with van der Waals surface area (Å²) in [5.41, 5.74) is 2.11. The fraction of sp³-hybridized carbons (Fsp3) is 0.429. The number of fused-ring (bicyclic) bond motifs is 1. The minimum Gasteiger partial charge on any atom is -0.478 e. The topological polar surface area (TPSA) is 55.1 Å². The van der Waals surface area contributed by atoms with Crippen molar-refractivity contribution in [2.24, 2.45) is 5.92 Å². The molecule has 1 aliphatic rings. The van der Waals surface area contributed by atoms with Crippen LogP contribution in [0.25, 0.3) is 11.0 Å². The lowest BCUT2D eigenvalue weighted by Crippen LogP contribution is -2.03. The van der Waals surface area contributed by atoms with Gasteiger partial charge in [0.15, 0.2) is 0 Å². The van der Waals surface area contributed by atoms with Crippen LogP contribution in [0.1, 0.15) is 42.6 Å². The van der Waals surface area contributed by atoms with Crippen molar-refractivity contribution in [2.45, 2.75) is 32.2 Å². The van der Waals surface area contributed by atoms with E-state index >= 15 is 0 Å². The number of rotatable bonds is 2. The maximum Gasteiger partial charge on any atom is 0.335 e. The summed E-state index contributed by atoms with van der Waals surface area (Å²) in [6.07, 6.45) is 5.48. The van der Waals surface area contributed by atoms with Gasteiger partial charge in [-0.15, -0.1) is 0 Å². The first kappa shape index (κ1) is 11.3. The van der Waals surface area contributed by atoms with E-state index in [-0.39, 0.29) is 0 Å². The highest BCUT2D eigenvalue weighted by Crippen LogP contribution is 2.35. The van der Waals surface area contributed by atoms with Gasteiger partial charge in [-0.2, -0.15) is 0 Å². The number of carboxylic acid groups (broad SMARTS) is 1. The molecule has 0 saturated heterocycles. The molecule has 2 aromatic rings. The second-order valence-corrected chi connectivity index (χ2v) is 5.23. The number of imidazole rings is 1. The zero-order chi connectivity index (χ0) is 12.7. The lowest BCUT2D eigenvalue weighted by molar-refractivity contribution is 0.0697. The number of hydrogen-bond acceptors (Lipinski definition) is 2. The van der Waals surface area contributed by atoms with Gasteiger partial charge in [-0.1, -0.05) is 6.92 Å². The molecule has 0 spiro atoms. The van der Waals surface area contributed by atoms with E-state index in [9.17, 15) is 4.79 Å². The molecule has 1 fully saturated rings. The summed E-state index contributed by atoms with van der Waals surface area (Å²) in [7, 11) is 0. The second-order valence-electron chi connectivity index (χ2n) is 5.23. The van der Waals surface area contributed by atoms with Crippen molar-refractivity contribution >= 4 is 17.0 Å². The fourth-order valence-corrected chi connectivity index (χ4v) is 2.89. The van der Waals surface area contributed by atoms with Crippen LogP contribution in [0.3, 0.4) is 0 Å². The minimum absolute atomic E-state index is 0.299. The molecule has 18 heavy (non-hydrogen) atoms. The molecule has 0 radical (unpaired) electrons. The zero-order valence-electron chi connectivity index (χ0n) is 10.3. The van der Waals surface area contributed by atoms with Gasteiger partial charge < -0.3 is 9.67 Å². The number of hydrogen-bond donors (Lipinski definition) is 1. The Balaban J connectivity index is 2.02. The average Bonchev–Trinajstić information content (AvgIpc) is 2.93. The molecule has 94 valence electrons. The molecule has 1 saturated carbocycles. The summed E-state index contributed by atoms with van der Waals surface area (Å²) < 4.78 is 2.20. The Morgan fingerprint density at radius 2 is 2.28 bits per heavy atom. The smallest absolute Gasteiger partial charge is 0.335 e. The highest BCUT2D eigenvalue weighted by atomic mass is 16.4. The van der Waals surface area contributed by atoms with Crippen LogP contribution >= 0.6 is 0 Å². The maximum absolute atomic E-state index is 10.9. The van der Waals surface area contributed by atoms with Crippen LogP contribution < -0.4 is 0 Å². The molecular weight excluding hydrogens is 228 g/mol. The molecule has 0 bridgehead atoms. The number of nitrogens with zero attached hydrogens (tertiary/aromatic N) is 2. The Morgan fingerprint density at radius 1 is 1.44 bits per heavy atom. The molecule has 2 unspecified atom stereocenters. The Hall–Kier alpha value is -1.84. The van der Waals surface area contributed by atoms with Crippen LogP contribution in [0.15, 0.2) is 24.5 Å². The Bertz CT molecular complexity index is 603. The standard InChI is InChI=1S/C14H16N2O2/c1-9-2-4-11(6-9)16-8-15-12-7-10(14(17)18)3-5-13(12)16/h3,5,7-9,11H,2,4,6H2,1H3,(H,17,18). The third-order valence-corrected chi connectivity index (χ3v) is 3.88. The molecule has 3 rings (SSSR count). The van der Waals surface area contributed by atoms with E-state index in [1.807, 2.05) is 12.4 Å². The van der Waals surface area contributed by atoms with Crippen molar-refractivity contribution in [3.05, 3.63) is 30.1 Å². The first-order valence-electron chi connectivity index (χ1n) is 6.35. The van der Waals surface area contributed by atoms with Crippen LogP contribution in [0.4, 0.5) is 0 Å². The molecule has 0 aliphatic heterocycles. The van der Waals surface area contributed by atoms with Gasteiger partial charge in [0.2, 0.25) is 0 Å². The van der Waals surface area contributed by atoms with Gasteiger partial charge in [0.1, 0.15) is 0 Å². The van der Waals surface area contributed by atoms with Crippen molar-refractivity contribution in [1.82, 2.24) is 9.55 Å². The number of benzene rings is 1. The third kappa shape index (κ3) is 1.78. The van der Waals surface area contributed by atoms with E-state index in [0.717, 1.165) is 17.0 Å².